The van der Waals surface area contributed by atoms with Crippen LogP contribution in [0.25, 0.3) is 0 Å². The van der Waals surface area contributed by atoms with Gasteiger partial charge in [-0.05, 0) is 30.0 Å². The minimum absolute atomic E-state index is 0.0559. The first-order valence-corrected chi connectivity index (χ1v) is 9.50. The number of carbonyl (C=O) groups is 2. The van der Waals surface area contributed by atoms with Gasteiger partial charge < -0.3 is 4.74 Å². The molecule has 0 saturated carbocycles. The summed E-state index contributed by atoms with van der Waals surface area (Å²) < 4.78 is 18.4. The standard InChI is InChI=1S/C18H19FN4O3S/c1-26-14-10-22(16(24)9-12-3-5-13(19)6-4-12)23(11-14)17(25)15-7-8-20-18(21-15)27-2/h3-8,14H,9-11H2,1-2H3. The summed E-state index contributed by atoms with van der Waals surface area (Å²) in [6, 6.07) is 7.23. The van der Waals surface area contributed by atoms with Gasteiger partial charge in [-0.1, -0.05) is 23.9 Å². The number of thioether (sulfide) groups is 1. The van der Waals surface area contributed by atoms with Crippen molar-refractivity contribution in [3.05, 3.63) is 53.6 Å². The van der Waals surface area contributed by atoms with E-state index in [1.165, 1.54) is 53.3 Å². The van der Waals surface area contributed by atoms with Gasteiger partial charge in [0.25, 0.3) is 5.91 Å². The molecule has 1 aromatic carbocycles. The zero-order chi connectivity index (χ0) is 19.4. The Bertz CT molecular complexity index is 834. The lowest BCUT2D eigenvalue weighted by molar-refractivity contribution is -0.139. The molecule has 2 aromatic rings. The maximum absolute atomic E-state index is 13.1. The Balaban J connectivity index is 1.80. The Hall–Kier alpha value is -2.52. The number of hydrogen-bond donors (Lipinski definition) is 0. The second kappa shape index (κ2) is 8.45. The Morgan fingerprint density at radius 2 is 1.93 bits per heavy atom. The number of benzene rings is 1. The van der Waals surface area contributed by atoms with Crippen molar-refractivity contribution in [1.82, 2.24) is 20.0 Å². The first-order valence-electron chi connectivity index (χ1n) is 8.28. The van der Waals surface area contributed by atoms with Crippen LogP contribution in [0.5, 0.6) is 0 Å². The highest BCUT2D eigenvalue weighted by Gasteiger charge is 2.37. The molecule has 0 bridgehead atoms. The van der Waals surface area contributed by atoms with Crippen LogP contribution >= 0.6 is 11.8 Å². The summed E-state index contributed by atoms with van der Waals surface area (Å²) in [6.45, 7) is 0.520. The minimum Gasteiger partial charge on any atom is -0.378 e. The second-order valence-corrected chi connectivity index (χ2v) is 6.73. The van der Waals surface area contributed by atoms with Crippen molar-refractivity contribution in [3.63, 3.8) is 0 Å². The van der Waals surface area contributed by atoms with Gasteiger partial charge in [0.05, 0.1) is 25.6 Å². The van der Waals surface area contributed by atoms with E-state index >= 15 is 0 Å². The highest BCUT2D eigenvalue weighted by molar-refractivity contribution is 7.98. The molecule has 1 unspecified atom stereocenters. The van der Waals surface area contributed by atoms with Crippen molar-refractivity contribution in [3.8, 4) is 0 Å². The predicted octanol–water partition coefficient (Wildman–Crippen LogP) is 1.79. The number of halogens is 1. The summed E-state index contributed by atoms with van der Waals surface area (Å²) in [5.74, 6) is -1.02. The van der Waals surface area contributed by atoms with Crippen LogP contribution in [0.1, 0.15) is 16.1 Å². The maximum atomic E-state index is 13.1. The van der Waals surface area contributed by atoms with Crippen LogP contribution in [0.15, 0.2) is 41.7 Å². The molecule has 2 amide bonds. The van der Waals surface area contributed by atoms with E-state index in [1.807, 2.05) is 6.26 Å². The van der Waals surface area contributed by atoms with Crippen LogP contribution in [0.2, 0.25) is 0 Å². The molecule has 142 valence electrons. The fourth-order valence-electron chi connectivity index (χ4n) is 2.78. The normalized spacial score (nSPS) is 16.6. The summed E-state index contributed by atoms with van der Waals surface area (Å²) in [4.78, 5) is 34.0. The fraction of sp³-hybridized carbons (Fsp3) is 0.333. The van der Waals surface area contributed by atoms with E-state index in [1.54, 1.807) is 12.1 Å². The number of ether oxygens (including phenoxy) is 1. The lowest BCUT2D eigenvalue weighted by atomic mass is 10.1. The monoisotopic (exact) mass is 390 g/mol. The van der Waals surface area contributed by atoms with E-state index in [0.717, 1.165) is 0 Å². The van der Waals surface area contributed by atoms with Gasteiger partial charge in [0, 0.05) is 13.3 Å². The van der Waals surface area contributed by atoms with Gasteiger partial charge in [0.15, 0.2) is 5.16 Å². The molecule has 0 radical (unpaired) electrons. The van der Waals surface area contributed by atoms with Gasteiger partial charge in [-0.3, -0.25) is 9.59 Å². The van der Waals surface area contributed by atoms with Crippen LogP contribution in [0.4, 0.5) is 4.39 Å². The highest BCUT2D eigenvalue weighted by Crippen LogP contribution is 2.19. The summed E-state index contributed by atoms with van der Waals surface area (Å²) in [6.07, 6.45) is 3.10. The number of aromatic nitrogens is 2. The van der Waals surface area contributed by atoms with Crippen LogP contribution < -0.4 is 0 Å². The van der Waals surface area contributed by atoms with Crippen molar-refractivity contribution in [1.29, 1.82) is 0 Å². The molecule has 0 aliphatic carbocycles. The zero-order valence-corrected chi connectivity index (χ0v) is 15.8. The Kier molecular flexibility index (Phi) is 6.02. The van der Waals surface area contributed by atoms with Gasteiger partial charge in [0.2, 0.25) is 5.91 Å². The average molecular weight is 390 g/mol. The summed E-state index contributed by atoms with van der Waals surface area (Å²) in [5, 5.41) is 3.21. The van der Waals surface area contributed by atoms with Gasteiger partial charge in [-0.25, -0.2) is 24.4 Å². The zero-order valence-electron chi connectivity index (χ0n) is 15.0. The van der Waals surface area contributed by atoms with Gasteiger partial charge in [-0.2, -0.15) is 0 Å². The van der Waals surface area contributed by atoms with Crippen LogP contribution in [-0.2, 0) is 16.0 Å². The number of amides is 2. The molecule has 1 aliphatic rings. The number of hydrazine groups is 1. The number of methoxy groups -OCH3 is 1. The first kappa shape index (κ1) is 19.2. The number of hydrogen-bond acceptors (Lipinski definition) is 6. The van der Waals surface area contributed by atoms with Crippen molar-refractivity contribution in [2.45, 2.75) is 17.7 Å². The molecule has 1 saturated heterocycles. The lowest BCUT2D eigenvalue weighted by Crippen LogP contribution is -2.45. The van der Waals surface area contributed by atoms with Crippen LogP contribution in [-0.4, -0.2) is 64.4 Å². The quantitative estimate of drug-likeness (QED) is 0.572. The predicted molar refractivity (Wildman–Crippen MR) is 97.5 cm³/mol. The van der Waals surface area contributed by atoms with Crippen molar-refractivity contribution in [2.75, 3.05) is 26.5 Å². The molecule has 2 heterocycles. The van der Waals surface area contributed by atoms with E-state index in [4.69, 9.17) is 4.74 Å². The average Bonchev–Trinajstić information content (AvgIpc) is 3.14. The molecule has 1 aromatic heterocycles. The molecule has 1 fully saturated rings. The van der Waals surface area contributed by atoms with E-state index in [-0.39, 0.29) is 48.9 Å². The minimum atomic E-state index is -0.389. The Morgan fingerprint density at radius 3 is 2.59 bits per heavy atom. The molecular weight excluding hydrogens is 371 g/mol. The summed E-state index contributed by atoms with van der Waals surface area (Å²) in [5.41, 5.74) is 0.882. The molecule has 1 atom stereocenters. The molecular formula is C18H19FN4O3S. The topological polar surface area (TPSA) is 75.6 Å². The van der Waals surface area contributed by atoms with Crippen molar-refractivity contribution in [2.24, 2.45) is 0 Å². The molecule has 0 N–H and O–H groups in total. The molecule has 9 heteroatoms. The Labute approximate surface area is 160 Å². The largest absolute Gasteiger partial charge is 0.378 e. The van der Waals surface area contributed by atoms with Crippen molar-refractivity contribution >= 4 is 23.6 Å². The highest BCUT2D eigenvalue weighted by atomic mass is 32.2. The molecule has 7 nitrogen and oxygen atoms in total. The van der Waals surface area contributed by atoms with Crippen LogP contribution in [0.3, 0.4) is 0 Å². The lowest BCUT2D eigenvalue weighted by Gasteiger charge is -2.27. The summed E-state index contributed by atoms with van der Waals surface area (Å²) >= 11 is 1.33. The fourth-order valence-corrected chi connectivity index (χ4v) is 3.13. The third-order valence-electron chi connectivity index (χ3n) is 4.20. The third-order valence-corrected chi connectivity index (χ3v) is 4.77. The maximum Gasteiger partial charge on any atom is 0.291 e. The van der Waals surface area contributed by atoms with Crippen molar-refractivity contribution < 1.29 is 18.7 Å². The third kappa shape index (κ3) is 4.42. The molecule has 0 spiro atoms. The van der Waals surface area contributed by atoms with Gasteiger partial charge >= 0.3 is 0 Å². The van der Waals surface area contributed by atoms with E-state index < -0.39 is 0 Å². The van der Waals surface area contributed by atoms with E-state index in [9.17, 15) is 14.0 Å². The van der Waals surface area contributed by atoms with Gasteiger partial charge in [0.1, 0.15) is 11.5 Å². The Morgan fingerprint density at radius 1 is 1.22 bits per heavy atom. The molecule has 27 heavy (non-hydrogen) atoms. The smallest absolute Gasteiger partial charge is 0.291 e. The van der Waals surface area contributed by atoms with E-state index in [2.05, 4.69) is 9.97 Å². The number of nitrogens with zero attached hydrogens (tertiary/aromatic N) is 4. The van der Waals surface area contributed by atoms with Crippen LogP contribution in [0, 0.1) is 5.82 Å². The van der Waals surface area contributed by atoms with Gasteiger partial charge in [-0.15, -0.1) is 0 Å². The SMILES string of the molecule is COC1CN(C(=O)Cc2ccc(F)cc2)N(C(=O)c2ccnc(SC)n2)C1. The number of rotatable bonds is 5. The summed E-state index contributed by atoms with van der Waals surface area (Å²) in [7, 11) is 1.54. The van der Waals surface area contributed by atoms with E-state index in [0.29, 0.717) is 10.7 Å². The molecule has 3 rings (SSSR count). The number of carbonyl (C=O) groups excluding carboxylic acids is 2. The first-order chi connectivity index (χ1) is 13.0. The molecule has 1 aliphatic heterocycles. The second-order valence-electron chi connectivity index (χ2n) is 5.95.